The van der Waals surface area contributed by atoms with Crippen molar-refractivity contribution in [1.29, 1.82) is 10.8 Å². The molecule has 3 aromatic rings. The number of nitrogens with two attached hydrogens (primary N) is 3. The predicted molar refractivity (Wildman–Crippen MR) is 110 cm³/mol. The van der Waals surface area contributed by atoms with E-state index in [9.17, 15) is 4.79 Å². The summed E-state index contributed by atoms with van der Waals surface area (Å²) in [6.45, 7) is 0. The maximum Gasteiger partial charge on any atom is 0.237 e. The number of nitrogen functional groups attached to an aromatic ring is 2. The Hall–Kier alpha value is -3.93. The summed E-state index contributed by atoms with van der Waals surface area (Å²) in [5.74, 6) is -0.645. The van der Waals surface area contributed by atoms with E-state index in [1.54, 1.807) is 48.5 Å². The normalized spacial score (nSPS) is 12.7. The molecule has 0 spiro atoms. The zero-order valence-electron chi connectivity index (χ0n) is 15.1. The first-order valence-electron chi connectivity index (χ1n) is 8.62. The summed E-state index contributed by atoms with van der Waals surface area (Å²) in [6, 6.07) is 23.1. The Morgan fingerprint density at radius 3 is 1.29 bits per heavy atom. The molecule has 0 atom stereocenters. The summed E-state index contributed by atoms with van der Waals surface area (Å²) >= 11 is 0. The minimum atomic E-state index is -1.24. The Morgan fingerprint density at radius 2 is 0.964 bits per heavy atom. The number of hydrogen-bond donors (Lipinski definition) is 5. The fourth-order valence-electron chi connectivity index (χ4n) is 3.41. The van der Waals surface area contributed by atoms with Crippen LogP contribution in [0.25, 0.3) is 0 Å². The molecule has 0 unspecified atom stereocenters. The number of nitrogens with one attached hydrogen (secondary N) is 2. The van der Waals surface area contributed by atoms with E-state index in [1.165, 1.54) is 0 Å². The maximum absolute atomic E-state index is 12.9. The van der Waals surface area contributed by atoms with E-state index in [1.807, 2.05) is 30.3 Å². The van der Waals surface area contributed by atoms with E-state index >= 15 is 0 Å². The molecule has 3 rings (SSSR count). The first-order valence-corrected chi connectivity index (χ1v) is 8.62. The van der Waals surface area contributed by atoms with Crippen LogP contribution in [0.2, 0.25) is 0 Å². The number of carbonyl (C=O) groups is 1. The summed E-state index contributed by atoms with van der Waals surface area (Å²) in [4.78, 5) is 12.9. The van der Waals surface area contributed by atoms with Crippen LogP contribution in [0.4, 0.5) is 0 Å². The first kappa shape index (κ1) is 18.8. The molecule has 140 valence electrons. The average Bonchev–Trinajstić information content (AvgIpc) is 2.70. The highest BCUT2D eigenvalue weighted by Gasteiger charge is 2.42. The van der Waals surface area contributed by atoms with Crippen LogP contribution in [-0.4, -0.2) is 17.6 Å². The van der Waals surface area contributed by atoms with E-state index in [0.717, 1.165) is 0 Å². The van der Waals surface area contributed by atoms with Crippen molar-refractivity contribution in [2.75, 3.05) is 0 Å². The molecule has 0 saturated carbocycles. The van der Waals surface area contributed by atoms with Crippen LogP contribution in [-0.2, 0) is 10.2 Å². The Morgan fingerprint density at radius 1 is 0.607 bits per heavy atom. The largest absolute Gasteiger partial charge is 0.384 e. The fourth-order valence-corrected chi connectivity index (χ4v) is 3.41. The summed E-state index contributed by atoms with van der Waals surface area (Å²) in [7, 11) is 0. The monoisotopic (exact) mass is 371 g/mol. The lowest BCUT2D eigenvalue weighted by atomic mass is 9.68. The molecular formula is C22H21N5O. The highest BCUT2D eigenvalue weighted by molar-refractivity contribution is 5.98. The van der Waals surface area contributed by atoms with E-state index in [4.69, 9.17) is 28.0 Å². The number of hydrogen-bond acceptors (Lipinski definition) is 3. The Labute approximate surface area is 163 Å². The van der Waals surface area contributed by atoms with Crippen molar-refractivity contribution in [1.82, 2.24) is 0 Å². The zero-order valence-corrected chi connectivity index (χ0v) is 15.1. The van der Waals surface area contributed by atoms with Crippen LogP contribution in [0.1, 0.15) is 27.8 Å². The number of primary amides is 1. The van der Waals surface area contributed by atoms with Crippen molar-refractivity contribution in [3.63, 3.8) is 0 Å². The molecule has 28 heavy (non-hydrogen) atoms. The summed E-state index contributed by atoms with van der Waals surface area (Å²) in [5.41, 5.74) is 19.0. The molecule has 0 aliphatic carbocycles. The molecule has 0 saturated heterocycles. The van der Waals surface area contributed by atoms with Gasteiger partial charge in [-0.15, -0.1) is 0 Å². The van der Waals surface area contributed by atoms with Crippen molar-refractivity contribution in [3.8, 4) is 0 Å². The van der Waals surface area contributed by atoms with Gasteiger partial charge in [0.25, 0.3) is 0 Å². The van der Waals surface area contributed by atoms with Crippen molar-refractivity contribution in [3.05, 3.63) is 107 Å². The SMILES string of the molecule is N=C(N)c1ccc(C(C(N)=O)(c2ccccc2)c2ccc(C(=N)N)cc2)cc1. The quantitative estimate of drug-likeness (QED) is 0.257. The third-order valence-electron chi connectivity index (χ3n) is 4.83. The highest BCUT2D eigenvalue weighted by atomic mass is 16.1. The Kier molecular flexibility index (Phi) is 4.96. The van der Waals surface area contributed by atoms with Gasteiger partial charge in [0, 0.05) is 11.1 Å². The van der Waals surface area contributed by atoms with Crippen molar-refractivity contribution >= 4 is 17.6 Å². The second-order valence-corrected chi connectivity index (χ2v) is 6.46. The van der Waals surface area contributed by atoms with Gasteiger partial charge in [-0.1, -0.05) is 78.9 Å². The molecule has 0 bridgehead atoms. The number of amidine groups is 2. The third-order valence-corrected chi connectivity index (χ3v) is 4.83. The van der Waals surface area contributed by atoms with Crippen molar-refractivity contribution < 1.29 is 4.79 Å². The molecule has 0 fully saturated rings. The lowest BCUT2D eigenvalue weighted by Crippen LogP contribution is -2.43. The second-order valence-electron chi connectivity index (χ2n) is 6.46. The topological polar surface area (TPSA) is 143 Å². The van der Waals surface area contributed by atoms with Gasteiger partial charge in [0.15, 0.2) is 0 Å². The van der Waals surface area contributed by atoms with E-state index in [2.05, 4.69) is 0 Å². The first-order chi connectivity index (χ1) is 13.4. The molecule has 8 N–H and O–H groups in total. The molecule has 0 radical (unpaired) electrons. The van der Waals surface area contributed by atoms with Crippen LogP contribution in [0.15, 0.2) is 78.9 Å². The van der Waals surface area contributed by atoms with Crippen LogP contribution in [0, 0.1) is 10.8 Å². The smallest absolute Gasteiger partial charge is 0.237 e. The highest BCUT2D eigenvalue weighted by Crippen LogP contribution is 2.39. The van der Waals surface area contributed by atoms with Gasteiger partial charge in [-0.25, -0.2) is 0 Å². The van der Waals surface area contributed by atoms with Crippen LogP contribution in [0.5, 0.6) is 0 Å². The maximum atomic E-state index is 12.9. The molecule has 0 aromatic heterocycles. The molecule has 6 nitrogen and oxygen atoms in total. The lowest BCUT2D eigenvalue weighted by Gasteiger charge is -2.33. The number of carbonyl (C=O) groups excluding carboxylic acids is 1. The van der Waals surface area contributed by atoms with Crippen molar-refractivity contribution in [2.45, 2.75) is 5.41 Å². The Bertz CT molecular complexity index is 967. The molecule has 0 aliphatic rings. The third kappa shape index (κ3) is 3.12. The predicted octanol–water partition coefficient (Wildman–Crippen LogP) is 2.07. The summed E-state index contributed by atoms with van der Waals surface area (Å²) in [6.07, 6.45) is 0. The molecule has 3 aromatic carbocycles. The average molecular weight is 371 g/mol. The molecular weight excluding hydrogens is 350 g/mol. The zero-order chi connectivity index (χ0) is 20.3. The van der Waals surface area contributed by atoms with Crippen molar-refractivity contribution in [2.24, 2.45) is 17.2 Å². The van der Waals surface area contributed by atoms with Gasteiger partial charge in [-0.2, -0.15) is 0 Å². The molecule has 6 heteroatoms. The van der Waals surface area contributed by atoms with Gasteiger partial charge in [0.05, 0.1) is 0 Å². The van der Waals surface area contributed by atoms with E-state index < -0.39 is 11.3 Å². The minimum Gasteiger partial charge on any atom is -0.384 e. The van der Waals surface area contributed by atoms with Gasteiger partial charge in [0.2, 0.25) is 5.91 Å². The summed E-state index contributed by atoms with van der Waals surface area (Å²) < 4.78 is 0. The van der Waals surface area contributed by atoms with Gasteiger partial charge in [0.1, 0.15) is 17.1 Å². The number of benzene rings is 3. The van der Waals surface area contributed by atoms with Crippen LogP contribution in [0.3, 0.4) is 0 Å². The fraction of sp³-hybridized carbons (Fsp3) is 0.0455. The molecule has 0 aliphatic heterocycles. The number of amides is 1. The Balaban J connectivity index is 2.30. The summed E-state index contributed by atoms with van der Waals surface area (Å²) in [5, 5.41) is 15.2. The molecule has 0 heterocycles. The second kappa shape index (κ2) is 7.36. The van der Waals surface area contributed by atoms with Crippen LogP contribution < -0.4 is 17.2 Å². The van der Waals surface area contributed by atoms with Gasteiger partial charge < -0.3 is 17.2 Å². The van der Waals surface area contributed by atoms with E-state index in [0.29, 0.717) is 27.8 Å². The molecule has 1 amide bonds. The van der Waals surface area contributed by atoms with E-state index in [-0.39, 0.29) is 11.7 Å². The minimum absolute atomic E-state index is 0.0539. The number of rotatable bonds is 6. The standard InChI is InChI=1S/C22H21N5O/c23-19(24)14-6-10-17(11-7-14)22(21(27)28,16-4-2-1-3-5-16)18-12-8-15(9-13-18)20(25)26/h1-13H,(H3,23,24)(H3,25,26)(H2,27,28). The van der Waals surface area contributed by atoms with Gasteiger partial charge in [-0.3, -0.25) is 15.6 Å². The van der Waals surface area contributed by atoms with Gasteiger partial charge in [-0.05, 0) is 16.7 Å². The van der Waals surface area contributed by atoms with Crippen LogP contribution >= 0.6 is 0 Å². The lowest BCUT2D eigenvalue weighted by molar-refractivity contribution is -0.120. The van der Waals surface area contributed by atoms with Gasteiger partial charge >= 0.3 is 0 Å².